The predicted octanol–water partition coefficient (Wildman–Crippen LogP) is 1.99. The highest BCUT2D eigenvalue weighted by Crippen LogP contribution is 2.22. The van der Waals surface area contributed by atoms with Crippen molar-refractivity contribution in [3.63, 3.8) is 0 Å². The summed E-state index contributed by atoms with van der Waals surface area (Å²) in [5.41, 5.74) is 5.85. The van der Waals surface area contributed by atoms with E-state index in [1.165, 1.54) is 12.1 Å². The number of primary amides is 1. The smallest absolute Gasteiger partial charge is 0.326 e. The maximum atomic E-state index is 11.2. The molecule has 1 unspecified atom stereocenters. The van der Waals surface area contributed by atoms with Crippen molar-refractivity contribution in [2.24, 2.45) is 5.73 Å². The molecule has 1 aromatic rings. The molecule has 1 rings (SSSR count). The van der Waals surface area contributed by atoms with Crippen molar-refractivity contribution in [3.05, 3.63) is 40.9 Å². The molecule has 4 N–H and O–H groups in total. The summed E-state index contributed by atoms with van der Waals surface area (Å²) in [6, 6.07) is 3.95. The first-order chi connectivity index (χ1) is 8.45. The van der Waals surface area contributed by atoms with E-state index in [1.54, 1.807) is 12.1 Å². The Hall–Kier alpha value is -1.82. The molecule has 1 atom stereocenters. The Morgan fingerprint density at radius 3 is 2.72 bits per heavy atom. The summed E-state index contributed by atoms with van der Waals surface area (Å²) in [4.78, 5) is 22.3. The topological polar surface area (TPSA) is 92.4 Å². The monoisotopic (exact) mass is 312 g/mol. The first-order valence-electron chi connectivity index (χ1n) is 5.15. The van der Waals surface area contributed by atoms with E-state index in [2.05, 4.69) is 27.8 Å². The molecule has 96 valence electrons. The molecule has 6 heteroatoms. The molecule has 0 spiro atoms. The number of anilines is 1. The number of hydrogen-bond donors (Lipinski definition) is 3. The van der Waals surface area contributed by atoms with E-state index >= 15 is 0 Å². The van der Waals surface area contributed by atoms with E-state index in [9.17, 15) is 9.59 Å². The molecule has 0 bridgehead atoms. The zero-order valence-electron chi connectivity index (χ0n) is 9.52. The lowest BCUT2D eigenvalue weighted by Crippen LogP contribution is -2.29. The summed E-state index contributed by atoms with van der Waals surface area (Å²) in [6.45, 7) is 3.50. The molecule has 0 aliphatic heterocycles. The summed E-state index contributed by atoms with van der Waals surface area (Å²) >= 11 is 3.25. The average Bonchev–Trinajstić information content (AvgIpc) is 2.28. The number of carbonyl (C=O) groups excluding carboxylic acids is 1. The molecule has 0 saturated heterocycles. The Bertz CT molecular complexity index is 488. The minimum atomic E-state index is -1.02. The number of halogens is 1. The number of amides is 1. The number of aliphatic carboxylic acids is 1. The summed E-state index contributed by atoms with van der Waals surface area (Å²) in [7, 11) is 0. The van der Waals surface area contributed by atoms with Gasteiger partial charge in [0.25, 0.3) is 5.91 Å². The fraction of sp³-hybridized carbons (Fsp3) is 0.167. The van der Waals surface area contributed by atoms with Gasteiger partial charge in [-0.15, -0.1) is 6.58 Å². The number of nitrogens with one attached hydrogen (secondary N) is 1. The summed E-state index contributed by atoms with van der Waals surface area (Å²) in [5, 5.41) is 11.8. The van der Waals surface area contributed by atoms with Crippen molar-refractivity contribution in [1.29, 1.82) is 0 Å². The largest absolute Gasteiger partial charge is 0.480 e. The second-order valence-corrected chi connectivity index (χ2v) is 4.53. The first-order valence-corrected chi connectivity index (χ1v) is 5.94. The van der Waals surface area contributed by atoms with Crippen LogP contribution in [-0.2, 0) is 4.79 Å². The molecule has 5 nitrogen and oxygen atoms in total. The van der Waals surface area contributed by atoms with Crippen molar-refractivity contribution >= 4 is 33.5 Å². The van der Waals surface area contributed by atoms with Crippen LogP contribution in [0.4, 0.5) is 5.69 Å². The van der Waals surface area contributed by atoms with Gasteiger partial charge in [-0.2, -0.15) is 0 Å². The Morgan fingerprint density at radius 1 is 1.56 bits per heavy atom. The van der Waals surface area contributed by atoms with Crippen LogP contribution in [0.3, 0.4) is 0 Å². The van der Waals surface area contributed by atoms with Gasteiger partial charge in [-0.1, -0.05) is 22.0 Å². The fourth-order valence-electron chi connectivity index (χ4n) is 1.43. The van der Waals surface area contributed by atoms with Crippen molar-refractivity contribution in [2.75, 3.05) is 5.32 Å². The van der Waals surface area contributed by atoms with Gasteiger partial charge in [0.2, 0.25) is 0 Å². The fourth-order valence-corrected chi connectivity index (χ4v) is 1.79. The van der Waals surface area contributed by atoms with Crippen molar-refractivity contribution in [3.8, 4) is 0 Å². The van der Waals surface area contributed by atoms with Crippen LogP contribution in [0.1, 0.15) is 16.8 Å². The molecular weight excluding hydrogens is 300 g/mol. The van der Waals surface area contributed by atoms with Crippen molar-refractivity contribution in [2.45, 2.75) is 12.5 Å². The van der Waals surface area contributed by atoms with Crippen LogP contribution in [0, 0.1) is 0 Å². The molecule has 1 amide bonds. The zero-order chi connectivity index (χ0) is 13.7. The van der Waals surface area contributed by atoms with Crippen molar-refractivity contribution < 1.29 is 14.7 Å². The molecule has 0 fully saturated rings. The van der Waals surface area contributed by atoms with Gasteiger partial charge in [0, 0.05) is 10.2 Å². The van der Waals surface area contributed by atoms with Gasteiger partial charge < -0.3 is 16.2 Å². The van der Waals surface area contributed by atoms with Gasteiger partial charge in [0.05, 0.1) is 5.56 Å². The SMILES string of the molecule is C=CCC(Nc1cc(Br)ccc1C(N)=O)C(=O)O. The number of carboxylic acid groups (broad SMARTS) is 1. The third-order valence-electron chi connectivity index (χ3n) is 2.28. The van der Waals surface area contributed by atoms with Crippen LogP contribution < -0.4 is 11.1 Å². The third kappa shape index (κ3) is 3.59. The number of carbonyl (C=O) groups is 2. The number of carboxylic acids is 1. The maximum absolute atomic E-state index is 11.2. The van der Waals surface area contributed by atoms with Gasteiger partial charge >= 0.3 is 5.97 Å². The van der Waals surface area contributed by atoms with Crippen LogP contribution >= 0.6 is 15.9 Å². The number of benzene rings is 1. The van der Waals surface area contributed by atoms with Gasteiger partial charge in [-0.25, -0.2) is 4.79 Å². The van der Waals surface area contributed by atoms with Gasteiger partial charge in [-0.3, -0.25) is 4.79 Å². The van der Waals surface area contributed by atoms with Crippen LogP contribution in [0.5, 0.6) is 0 Å². The molecule has 0 saturated carbocycles. The quantitative estimate of drug-likeness (QED) is 0.700. The lowest BCUT2D eigenvalue weighted by molar-refractivity contribution is -0.137. The lowest BCUT2D eigenvalue weighted by atomic mass is 10.1. The number of rotatable bonds is 6. The molecular formula is C12H13BrN2O3. The molecule has 0 aliphatic carbocycles. The highest BCUT2D eigenvalue weighted by molar-refractivity contribution is 9.10. The second kappa shape index (κ2) is 6.20. The molecule has 1 aromatic carbocycles. The molecule has 0 aliphatic rings. The molecule has 0 heterocycles. The summed E-state index contributed by atoms with van der Waals surface area (Å²) < 4.78 is 0.720. The predicted molar refractivity (Wildman–Crippen MR) is 72.5 cm³/mol. The van der Waals surface area contributed by atoms with Crippen LogP contribution in [-0.4, -0.2) is 23.0 Å². The average molecular weight is 313 g/mol. The molecule has 0 radical (unpaired) electrons. The first kappa shape index (κ1) is 14.2. The highest BCUT2D eigenvalue weighted by Gasteiger charge is 2.18. The van der Waals surface area contributed by atoms with Gasteiger partial charge in [-0.05, 0) is 24.6 Å². The van der Waals surface area contributed by atoms with E-state index in [4.69, 9.17) is 10.8 Å². The Labute approximate surface area is 113 Å². The van der Waals surface area contributed by atoms with E-state index in [-0.39, 0.29) is 12.0 Å². The minimum absolute atomic E-state index is 0.236. The lowest BCUT2D eigenvalue weighted by Gasteiger charge is -2.16. The maximum Gasteiger partial charge on any atom is 0.326 e. The Balaban J connectivity index is 3.07. The molecule has 0 aromatic heterocycles. The summed E-state index contributed by atoms with van der Waals surface area (Å²) in [6.07, 6.45) is 1.73. The minimum Gasteiger partial charge on any atom is -0.480 e. The third-order valence-corrected chi connectivity index (χ3v) is 2.77. The van der Waals surface area contributed by atoms with Crippen LogP contribution in [0.25, 0.3) is 0 Å². The number of nitrogens with two attached hydrogens (primary N) is 1. The zero-order valence-corrected chi connectivity index (χ0v) is 11.1. The van der Waals surface area contributed by atoms with Crippen LogP contribution in [0.2, 0.25) is 0 Å². The van der Waals surface area contributed by atoms with E-state index in [1.807, 2.05) is 0 Å². The van der Waals surface area contributed by atoms with E-state index in [0.29, 0.717) is 5.69 Å². The van der Waals surface area contributed by atoms with E-state index < -0.39 is 17.9 Å². The van der Waals surface area contributed by atoms with Gasteiger partial charge in [0.15, 0.2) is 0 Å². The standard InChI is InChI=1S/C12H13BrN2O3/c1-2-3-9(12(17)18)15-10-6-7(13)4-5-8(10)11(14)16/h2,4-6,9,15H,1,3H2,(H2,14,16)(H,17,18). The Morgan fingerprint density at radius 2 is 2.22 bits per heavy atom. The van der Waals surface area contributed by atoms with Crippen LogP contribution in [0.15, 0.2) is 35.3 Å². The van der Waals surface area contributed by atoms with E-state index in [0.717, 1.165) is 4.47 Å². The Kier molecular flexibility index (Phi) is 4.91. The second-order valence-electron chi connectivity index (χ2n) is 3.61. The van der Waals surface area contributed by atoms with Gasteiger partial charge in [0.1, 0.15) is 6.04 Å². The molecule has 18 heavy (non-hydrogen) atoms. The highest BCUT2D eigenvalue weighted by atomic mass is 79.9. The normalized spacial score (nSPS) is 11.6. The van der Waals surface area contributed by atoms with Crippen molar-refractivity contribution in [1.82, 2.24) is 0 Å². The number of hydrogen-bond acceptors (Lipinski definition) is 3. The summed E-state index contributed by atoms with van der Waals surface area (Å²) in [5.74, 6) is -1.64.